The van der Waals surface area contributed by atoms with Crippen LogP contribution in [0.2, 0.25) is 0 Å². The Hall–Kier alpha value is -0.0300. The second-order valence-electron chi connectivity index (χ2n) is 3.77. The lowest BCUT2D eigenvalue weighted by molar-refractivity contribution is 0.893. The number of alkyl halides is 1. The van der Waals surface area contributed by atoms with Crippen molar-refractivity contribution in [3.8, 4) is 0 Å². The first-order chi connectivity index (χ1) is 8.78. The van der Waals surface area contributed by atoms with Crippen molar-refractivity contribution in [2.75, 3.05) is 5.88 Å². The summed E-state index contributed by atoms with van der Waals surface area (Å²) in [7, 11) is 0. The Morgan fingerprint density at radius 1 is 1.39 bits per heavy atom. The molecule has 18 heavy (non-hydrogen) atoms. The highest BCUT2D eigenvalue weighted by molar-refractivity contribution is 9.10. The van der Waals surface area contributed by atoms with Crippen LogP contribution in [0.1, 0.15) is 17.1 Å². The first kappa shape index (κ1) is 14.4. The molecule has 2 rings (SSSR count). The number of benzene rings is 1. The van der Waals surface area contributed by atoms with Crippen molar-refractivity contribution < 1.29 is 0 Å². The minimum Gasteiger partial charge on any atom is -0.245 e. The minimum absolute atomic E-state index is 0.708. The van der Waals surface area contributed by atoms with E-state index in [1.54, 1.807) is 11.3 Å². The summed E-state index contributed by atoms with van der Waals surface area (Å²) in [5.41, 5.74) is 1.17. The Morgan fingerprint density at radius 2 is 2.28 bits per heavy atom. The fraction of sp³-hybridized carbons (Fsp3) is 0.308. The highest BCUT2D eigenvalue weighted by Crippen LogP contribution is 2.26. The Bertz CT molecular complexity index is 501. The summed E-state index contributed by atoms with van der Waals surface area (Å²) in [6.07, 6.45) is 1.99. The second-order valence-corrected chi connectivity index (χ2v) is 7.06. The van der Waals surface area contributed by atoms with Crippen LogP contribution < -0.4 is 0 Å². The molecule has 0 N–H and O–H groups in total. The Kier molecular flexibility index (Phi) is 6.02. The van der Waals surface area contributed by atoms with Crippen LogP contribution in [0.3, 0.4) is 0 Å². The summed E-state index contributed by atoms with van der Waals surface area (Å²) in [5.74, 6) is 1.64. The number of thiazole rings is 1. The Balaban J connectivity index is 1.88. The van der Waals surface area contributed by atoms with E-state index in [1.807, 2.05) is 17.8 Å². The maximum Gasteiger partial charge on any atom is 0.103 e. The molecule has 0 bridgehead atoms. The van der Waals surface area contributed by atoms with Crippen molar-refractivity contribution >= 4 is 50.6 Å². The topological polar surface area (TPSA) is 12.9 Å². The van der Waals surface area contributed by atoms with Crippen molar-refractivity contribution in [1.29, 1.82) is 0 Å². The molecule has 1 nitrogen and oxygen atoms in total. The maximum atomic E-state index is 5.68. The number of halogens is 2. The predicted molar refractivity (Wildman–Crippen MR) is 84.9 cm³/mol. The number of rotatable bonds is 6. The van der Waals surface area contributed by atoms with Crippen LogP contribution in [0.4, 0.5) is 0 Å². The summed E-state index contributed by atoms with van der Waals surface area (Å²) >= 11 is 12.7. The van der Waals surface area contributed by atoms with Crippen molar-refractivity contribution in [2.24, 2.45) is 0 Å². The number of aromatic nitrogens is 1. The Morgan fingerprint density at radius 3 is 3.06 bits per heavy atom. The third kappa shape index (κ3) is 4.57. The van der Waals surface area contributed by atoms with Gasteiger partial charge in [-0.2, -0.15) is 0 Å². The van der Waals surface area contributed by atoms with Gasteiger partial charge < -0.3 is 0 Å². The van der Waals surface area contributed by atoms with Crippen LogP contribution in [-0.2, 0) is 12.2 Å². The molecule has 0 aliphatic heterocycles. The molecule has 2 aromatic rings. The summed E-state index contributed by atoms with van der Waals surface area (Å²) in [6, 6.07) is 8.35. The van der Waals surface area contributed by atoms with Crippen LogP contribution >= 0.6 is 50.6 Å². The molecule has 5 heteroatoms. The zero-order valence-corrected chi connectivity index (χ0v) is 13.7. The molecule has 96 valence electrons. The Labute approximate surface area is 129 Å². The van der Waals surface area contributed by atoms with Crippen LogP contribution in [-0.4, -0.2) is 10.9 Å². The molecular formula is C13H13BrClNS2. The SMILES string of the molecule is ClCCCc1csc(CSc2cccc(Br)c2)n1. The van der Waals surface area contributed by atoms with E-state index in [4.69, 9.17) is 11.6 Å². The number of thioether (sulfide) groups is 1. The van der Waals surface area contributed by atoms with Crippen LogP contribution in [0.15, 0.2) is 39.0 Å². The van der Waals surface area contributed by atoms with Crippen molar-refractivity contribution in [1.82, 2.24) is 4.98 Å². The highest BCUT2D eigenvalue weighted by atomic mass is 79.9. The zero-order valence-electron chi connectivity index (χ0n) is 9.73. The second kappa shape index (κ2) is 7.53. The fourth-order valence-corrected chi connectivity index (χ4v) is 3.97. The monoisotopic (exact) mass is 361 g/mol. The van der Waals surface area contributed by atoms with Gasteiger partial charge in [0.05, 0.1) is 11.4 Å². The summed E-state index contributed by atoms with van der Waals surface area (Å²) in [6.45, 7) is 0. The number of hydrogen-bond acceptors (Lipinski definition) is 3. The van der Waals surface area contributed by atoms with Crippen LogP contribution in [0, 0.1) is 0 Å². The first-order valence-electron chi connectivity index (χ1n) is 5.65. The standard InChI is InChI=1S/C13H13BrClNS2/c14-10-3-1-5-12(7-10)17-9-13-16-11(8-18-13)4-2-6-15/h1,3,5,7-8H,2,4,6,9H2. The molecule has 0 saturated carbocycles. The van der Waals surface area contributed by atoms with Gasteiger partial charge >= 0.3 is 0 Å². The lowest BCUT2D eigenvalue weighted by Gasteiger charge is -1.99. The third-order valence-electron chi connectivity index (χ3n) is 2.32. The highest BCUT2D eigenvalue weighted by Gasteiger charge is 2.03. The van der Waals surface area contributed by atoms with Gasteiger partial charge in [0, 0.05) is 20.6 Å². The molecule has 0 aliphatic carbocycles. The molecule has 0 amide bonds. The molecule has 1 heterocycles. The average molecular weight is 363 g/mol. The normalized spacial score (nSPS) is 10.8. The van der Waals surface area contributed by atoms with Gasteiger partial charge in [-0.25, -0.2) is 4.98 Å². The number of nitrogens with zero attached hydrogens (tertiary/aromatic N) is 1. The molecule has 1 aromatic heterocycles. The van der Waals surface area contributed by atoms with E-state index in [0.717, 1.165) is 23.1 Å². The molecule has 0 aliphatic rings. The van der Waals surface area contributed by atoms with E-state index in [9.17, 15) is 0 Å². The lowest BCUT2D eigenvalue weighted by atomic mass is 10.3. The minimum atomic E-state index is 0.708. The van der Waals surface area contributed by atoms with E-state index >= 15 is 0 Å². The van der Waals surface area contributed by atoms with Gasteiger partial charge in [-0.3, -0.25) is 0 Å². The fourth-order valence-electron chi connectivity index (χ4n) is 1.48. The van der Waals surface area contributed by atoms with Gasteiger partial charge in [0.25, 0.3) is 0 Å². The van der Waals surface area contributed by atoms with Gasteiger partial charge in [0.2, 0.25) is 0 Å². The van der Waals surface area contributed by atoms with Crippen molar-refractivity contribution in [3.05, 3.63) is 44.8 Å². The van der Waals surface area contributed by atoms with Gasteiger partial charge in [-0.05, 0) is 31.0 Å². The molecule has 0 spiro atoms. The van der Waals surface area contributed by atoms with E-state index in [2.05, 4.69) is 44.5 Å². The van der Waals surface area contributed by atoms with Crippen molar-refractivity contribution in [3.63, 3.8) is 0 Å². The van der Waals surface area contributed by atoms with Crippen LogP contribution in [0.5, 0.6) is 0 Å². The maximum absolute atomic E-state index is 5.68. The third-order valence-corrected chi connectivity index (χ3v) is 5.17. The van der Waals surface area contributed by atoms with E-state index in [-0.39, 0.29) is 0 Å². The summed E-state index contributed by atoms with van der Waals surface area (Å²) in [4.78, 5) is 5.88. The predicted octanol–water partition coefficient (Wildman–Crippen LogP) is 5.37. The molecule has 0 radical (unpaired) electrons. The quantitative estimate of drug-likeness (QED) is 0.506. The molecule has 0 fully saturated rings. The molecule has 1 aromatic carbocycles. The van der Waals surface area contributed by atoms with Gasteiger partial charge in [0.1, 0.15) is 5.01 Å². The molecule has 0 saturated heterocycles. The zero-order chi connectivity index (χ0) is 12.8. The van der Waals surface area contributed by atoms with Crippen molar-refractivity contribution in [2.45, 2.75) is 23.5 Å². The lowest BCUT2D eigenvalue weighted by Crippen LogP contribution is -1.87. The van der Waals surface area contributed by atoms with Gasteiger partial charge in [-0.15, -0.1) is 34.7 Å². The molecular weight excluding hydrogens is 350 g/mol. The van der Waals surface area contributed by atoms with E-state index < -0.39 is 0 Å². The van der Waals surface area contributed by atoms with Gasteiger partial charge in [0.15, 0.2) is 0 Å². The first-order valence-corrected chi connectivity index (χ1v) is 8.85. The number of aryl methyl sites for hydroxylation is 1. The summed E-state index contributed by atoms with van der Waals surface area (Å²) < 4.78 is 1.12. The largest absolute Gasteiger partial charge is 0.245 e. The average Bonchev–Trinajstić information content (AvgIpc) is 2.82. The number of hydrogen-bond donors (Lipinski definition) is 0. The summed E-state index contributed by atoms with van der Waals surface area (Å²) in [5, 5.41) is 3.33. The van der Waals surface area contributed by atoms with Crippen LogP contribution in [0.25, 0.3) is 0 Å². The van der Waals surface area contributed by atoms with Gasteiger partial charge in [-0.1, -0.05) is 22.0 Å². The van der Waals surface area contributed by atoms with E-state index in [0.29, 0.717) is 5.88 Å². The smallest absolute Gasteiger partial charge is 0.103 e. The molecule has 0 atom stereocenters. The molecule has 0 unspecified atom stereocenters. The van der Waals surface area contributed by atoms with E-state index in [1.165, 1.54) is 15.6 Å².